The Morgan fingerprint density at radius 1 is 1.46 bits per heavy atom. The van der Waals surface area contributed by atoms with E-state index in [9.17, 15) is 5.21 Å². The summed E-state index contributed by atoms with van der Waals surface area (Å²) >= 11 is 2.21. The first-order valence-corrected chi connectivity index (χ1v) is 4.91. The van der Waals surface area contributed by atoms with E-state index in [0.717, 1.165) is 13.7 Å². The number of aromatic nitrogens is 2. The maximum Gasteiger partial charge on any atom is 0.298 e. The molecule has 3 nitrogen and oxygen atoms in total. The van der Waals surface area contributed by atoms with Gasteiger partial charge in [0.2, 0.25) is 0 Å². The van der Waals surface area contributed by atoms with Crippen molar-refractivity contribution in [3.05, 3.63) is 39.0 Å². The summed E-state index contributed by atoms with van der Waals surface area (Å²) in [5.41, 5.74) is 0.674. The van der Waals surface area contributed by atoms with Crippen LogP contribution in [0.15, 0.2) is 24.4 Å². The molecule has 1 aromatic heterocycles. The summed E-state index contributed by atoms with van der Waals surface area (Å²) in [4.78, 5) is 4.00. The standard InChI is InChI=1S/C9H7IN2O/c1-6-11-5-7-4-8(10)2-3-9(7)12(6)13/h2-5H,1H3. The van der Waals surface area contributed by atoms with Crippen molar-refractivity contribution in [1.82, 2.24) is 4.98 Å². The second-order valence-electron chi connectivity index (χ2n) is 2.80. The summed E-state index contributed by atoms with van der Waals surface area (Å²) in [5, 5.41) is 12.4. The minimum Gasteiger partial charge on any atom is -0.710 e. The molecule has 0 aliphatic rings. The summed E-state index contributed by atoms with van der Waals surface area (Å²) in [7, 11) is 0. The van der Waals surface area contributed by atoms with Crippen LogP contribution in [0.4, 0.5) is 0 Å². The van der Waals surface area contributed by atoms with Crippen LogP contribution in [-0.2, 0) is 0 Å². The fourth-order valence-corrected chi connectivity index (χ4v) is 1.72. The maximum atomic E-state index is 11.5. The van der Waals surface area contributed by atoms with Gasteiger partial charge in [0, 0.05) is 10.5 Å². The van der Waals surface area contributed by atoms with Gasteiger partial charge in [-0.1, -0.05) is 4.98 Å². The van der Waals surface area contributed by atoms with E-state index in [1.165, 1.54) is 0 Å². The van der Waals surface area contributed by atoms with Crippen LogP contribution in [-0.4, -0.2) is 4.98 Å². The highest BCUT2D eigenvalue weighted by atomic mass is 127. The highest BCUT2D eigenvalue weighted by Gasteiger charge is 2.05. The van der Waals surface area contributed by atoms with Crippen LogP contribution in [0.1, 0.15) is 5.82 Å². The molecule has 0 saturated heterocycles. The average molecular weight is 286 g/mol. The monoisotopic (exact) mass is 286 g/mol. The van der Waals surface area contributed by atoms with E-state index in [1.807, 2.05) is 18.2 Å². The van der Waals surface area contributed by atoms with Gasteiger partial charge in [0.25, 0.3) is 5.82 Å². The van der Waals surface area contributed by atoms with Crippen LogP contribution in [0.25, 0.3) is 10.9 Å². The Balaban J connectivity index is 2.87. The lowest BCUT2D eigenvalue weighted by molar-refractivity contribution is -0.587. The first-order chi connectivity index (χ1) is 6.18. The van der Waals surface area contributed by atoms with Gasteiger partial charge < -0.3 is 5.21 Å². The highest BCUT2D eigenvalue weighted by molar-refractivity contribution is 14.1. The van der Waals surface area contributed by atoms with Gasteiger partial charge in [-0.3, -0.25) is 0 Å². The molecule has 0 fully saturated rings. The number of hydrogen-bond donors (Lipinski definition) is 0. The lowest BCUT2D eigenvalue weighted by atomic mass is 10.2. The summed E-state index contributed by atoms with van der Waals surface area (Å²) in [6, 6.07) is 5.67. The van der Waals surface area contributed by atoms with Crippen LogP contribution in [0.2, 0.25) is 0 Å². The second kappa shape index (κ2) is 3.10. The average Bonchev–Trinajstić information content (AvgIpc) is 2.12. The molecule has 0 spiro atoms. The number of aryl methyl sites for hydroxylation is 1. The zero-order valence-electron chi connectivity index (χ0n) is 6.99. The van der Waals surface area contributed by atoms with Gasteiger partial charge in [0.15, 0.2) is 6.20 Å². The number of halogens is 1. The topological polar surface area (TPSA) is 39.8 Å². The Hall–Kier alpha value is -0.910. The lowest BCUT2D eigenvalue weighted by Crippen LogP contribution is -2.32. The smallest absolute Gasteiger partial charge is 0.298 e. The predicted octanol–water partition coefficient (Wildman–Crippen LogP) is 1.78. The minimum absolute atomic E-state index is 0.480. The quantitative estimate of drug-likeness (QED) is 0.421. The second-order valence-corrected chi connectivity index (χ2v) is 4.05. The molecule has 0 amide bonds. The maximum absolute atomic E-state index is 11.5. The fourth-order valence-electron chi connectivity index (χ4n) is 1.20. The molecular formula is C9H7IN2O. The molecule has 4 heteroatoms. The van der Waals surface area contributed by atoms with Gasteiger partial charge in [-0.25, -0.2) is 4.73 Å². The Morgan fingerprint density at radius 2 is 2.23 bits per heavy atom. The summed E-state index contributed by atoms with van der Waals surface area (Å²) < 4.78 is 1.96. The van der Waals surface area contributed by atoms with E-state index < -0.39 is 0 Å². The Kier molecular flexibility index (Phi) is 2.07. The Bertz CT molecular complexity index is 470. The van der Waals surface area contributed by atoms with Crippen molar-refractivity contribution in [2.75, 3.05) is 0 Å². The van der Waals surface area contributed by atoms with Crippen molar-refractivity contribution in [3.63, 3.8) is 0 Å². The van der Waals surface area contributed by atoms with Gasteiger partial charge >= 0.3 is 0 Å². The van der Waals surface area contributed by atoms with Crippen molar-refractivity contribution in [2.24, 2.45) is 0 Å². The third kappa shape index (κ3) is 1.46. The Morgan fingerprint density at radius 3 is 3.00 bits per heavy atom. The van der Waals surface area contributed by atoms with Gasteiger partial charge in [0.1, 0.15) is 5.52 Å². The molecule has 13 heavy (non-hydrogen) atoms. The van der Waals surface area contributed by atoms with E-state index in [0.29, 0.717) is 11.3 Å². The molecule has 0 atom stereocenters. The third-order valence-corrected chi connectivity index (χ3v) is 2.56. The molecule has 0 aliphatic carbocycles. The summed E-state index contributed by atoms with van der Waals surface area (Å²) in [6.07, 6.45) is 1.72. The van der Waals surface area contributed by atoms with Crippen molar-refractivity contribution in [3.8, 4) is 0 Å². The lowest BCUT2D eigenvalue weighted by Gasteiger charge is -2.06. The highest BCUT2D eigenvalue weighted by Crippen LogP contribution is 2.13. The molecule has 1 aromatic carbocycles. The van der Waals surface area contributed by atoms with Crippen molar-refractivity contribution < 1.29 is 4.73 Å². The van der Waals surface area contributed by atoms with Crippen LogP contribution in [0.5, 0.6) is 0 Å². The van der Waals surface area contributed by atoms with Crippen LogP contribution >= 0.6 is 22.6 Å². The number of fused-ring (bicyclic) bond motifs is 1. The van der Waals surface area contributed by atoms with Gasteiger partial charge in [-0.2, -0.15) is 0 Å². The van der Waals surface area contributed by atoms with Crippen LogP contribution < -0.4 is 4.73 Å². The molecule has 0 aliphatic heterocycles. The van der Waals surface area contributed by atoms with Crippen molar-refractivity contribution in [2.45, 2.75) is 6.92 Å². The van der Waals surface area contributed by atoms with E-state index in [2.05, 4.69) is 27.6 Å². The van der Waals surface area contributed by atoms with E-state index in [1.54, 1.807) is 13.1 Å². The van der Waals surface area contributed by atoms with Gasteiger partial charge in [-0.15, -0.1) is 0 Å². The number of hydrogen-bond acceptors (Lipinski definition) is 2. The molecule has 2 rings (SSSR count). The number of rotatable bonds is 0. The van der Waals surface area contributed by atoms with E-state index in [4.69, 9.17) is 0 Å². The molecule has 0 N–H and O–H groups in total. The molecule has 0 radical (unpaired) electrons. The molecule has 66 valence electrons. The summed E-state index contributed by atoms with van der Waals surface area (Å²) in [6.45, 7) is 1.70. The van der Waals surface area contributed by atoms with Crippen molar-refractivity contribution >= 4 is 33.5 Å². The fraction of sp³-hybridized carbons (Fsp3) is 0.111. The minimum atomic E-state index is 0.480. The summed E-state index contributed by atoms with van der Waals surface area (Å²) in [5.74, 6) is 0.480. The van der Waals surface area contributed by atoms with E-state index >= 15 is 0 Å². The van der Waals surface area contributed by atoms with Gasteiger partial charge in [-0.05, 0) is 40.8 Å². The SMILES string of the molecule is Cc1ncc2cc(I)ccc2[n+]1[O-]. The Labute approximate surface area is 89.1 Å². The molecule has 0 unspecified atom stereocenters. The predicted molar refractivity (Wildman–Crippen MR) is 58.2 cm³/mol. The first kappa shape index (κ1) is 8.68. The first-order valence-electron chi connectivity index (χ1n) is 3.83. The third-order valence-electron chi connectivity index (χ3n) is 1.89. The molecular weight excluding hydrogens is 279 g/mol. The number of benzene rings is 1. The largest absolute Gasteiger partial charge is 0.710 e. The molecule has 2 aromatic rings. The zero-order chi connectivity index (χ0) is 9.42. The zero-order valence-corrected chi connectivity index (χ0v) is 9.15. The molecule has 1 heterocycles. The number of nitrogens with zero attached hydrogens (tertiary/aromatic N) is 2. The molecule has 0 bridgehead atoms. The van der Waals surface area contributed by atoms with Crippen LogP contribution in [0, 0.1) is 15.7 Å². The van der Waals surface area contributed by atoms with E-state index in [-0.39, 0.29) is 0 Å². The van der Waals surface area contributed by atoms with Gasteiger partial charge in [0.05, 0.1) is 5.39 Å². The normalized spacial score (nSPS) is 10.6. The van der Waals surface area contributed by atoms with Crippen LogP contribution in [0.3, 0.4) is 0 Å². The molecule has 0 saturated carbocycles. The van der Waals surface area contributed by atoms with Crippen molar-refractivity contribution in [1.29, 1.82) is 0 Å².